The zero-order valence-corrected chi connectivity index (χ0v) is 17.5. The molecular weight excluding hydrogens is 390 g/mol. The number of carbonyl (C=O) groups is 1. The molecule has 7 heteroatoms. The molecule has 29 heavy (non-hydrogen) atoms. The number of likely N-dealkylation sites (tertiary alicyclic amines) is 1. The van der Waals surface area contributed by atoms with Crippen LogP contribution in [-0.4, -0.2) is 40.2 Å². The number of aromatic nitrogens is 2. The Morgan fingerprint density at radius 1 is 1.21 bits per heavy atom. The zero-order chi connectivity index (χ0) is 20.5. The van der Waals surface area contributed by atoms with Gasteiger partial charge in [-0.15, -0.1) is 0 Å². The Labute approximate surface area is 175 Å². The molecule has 0 N–H and O–H groups in total. The second-order valence-electron chi connectivity index (χ2n) is 7.47. The Morgan fingerprint density at radius 2 is 1.97 bits per heavy atom. The summed E-state index contributed by atoms with van der Waals surface area (Å²) in [5.41, 5.74) is 1.94. The van der Waals surface area contributed by atoms with Gasteiger partial charge in [0, 0.05) is 31.1 Å². The van der Waals surface area contributed by atoms with E-state index in [-0.39, 0.29) is 24.0 Å². The topological polar surface area (TPSA) is 56.1 Å². The van der Waals surface area contributed by atoms with Crippen molar-refractivity contribution in [3.8, 4) is 11.5 Å². The lowest BCUT2D eigenvalue weighted by Crippen LogP contribution is -2.31. The van der Waals surface area contributed by atoms with Crippen molar-refractivity contribution in [2.24, 2.45) is 5.92 Å². The summed E-state index contributed by atoms with van der Waals surface area (Å²) in [4.78, 5) is 14.6. The monoisotopic (exact) mass is 413 g/mol. The molecule has 0 bridgehead atoms. The quantitative estimate of drug-likeness (QED) is 0.602. The average Bonchev–Trinajstić information content (AvgIpc) is 3.34. The van der Waals surface area contributed by atoms with Crippen molar-refractivity contribution in [2.75, 3.05) is 13.7 Å². The van der Waals surface area contributed by atoms with E-state index in [0.717, 1.165) is 16.8 Å². The van der Waals surface area contributed by atoms with Crippen LogP contribution in [-0.2, 0) is 4.79 Å². The molecule has 1 amide bonds. The van der Waals surface area contributed by atoms with Gasteiger partial charge in [-0.2, -0.15) is 5.10 Å². The molecule has 2 aromatic heterocycles. The maximum absolute atomic E-state index is 12.7. The van der Waals surface area contributed by atoms with Crippen LogP contribution in [0.4, 0.5) is 0 Å². The highest BCUT2D eigenvalue weighted by Crippen LogP contribution is 2.33. The van der Waals surface area contributed by atoms with Crippen LogP contribution in [0, 0.1) is 5.92 Å². The summed E-state index contributed by atoms with van der Waals surface area (Å²) in [6, 6.07) is 11.5. The number of hydrogen-bond acceptors (Lipinski definition) is 4. The fourth-order valence-electron chi connectivity index (χ4n) is 3.87. The van der Waals surface area contributed by atoms with Gasteiger partial charge in [-0.3, -0.25) is 4.79 Å². The first-order valence-corrected chi connectivity index (χ1v) is 10.1. The molecule has 1 saturated heterocycles. The van der Waals surface area contributed by atoms with Crippen LogP contribution in [0.2, 0.25) is 5.02 Å². The minimum Gasteiger partial charge on any atom is -0.497 e. The largest absolute Gasteiger partial charge is 0.497 e. The van der Waals surface area contributed by atoms with Gasteiger partial charge < -0.3 is 14.4 Å². The van der Waals surface area contributed by atoms with Gasteiger partial charge in [-0.25, -0.2) is 4.52 Å². The van der Waals surface area contributed by atoms with Gasteiger partial charge in [0.05, 0.1) is 24.4 Å². The smallest absolute Gasteiger partial charge is 0.223 e. The van der Waals surface area contributed by atoms with Crippen molar-refractivity contribution in [3.63, 3.8) is 0 Å². The Hall–Kier alpha value is -2.73. The molecule has 3 aromatic rings. The number of pyridine rings is 1. The number of benzene rings is 1. The summed E-state index contributed by atoms with van der Waals surface area (Å²) in [6.45, 7) is 4.72. The molecular formula is C22H24ClN3O3. The highest BCUT2D eigenvalue weighted by atomic mass is 35.5. The predicted molar refractivity (Wildman–Crippen MR) is 112 cm³/mol. The minimum absolute atomic E-state index is 0.00156. The molecule has 1 aromatic carbocycles. The van der Waals surface area contributed by atoms with Crippen molar-refractivity contribution in [3.05, 3.63) is 59.4 Å². The van der Waals surface area contributed by atoms with Crippen molar-refractivity contribution in [1.82, 2.24) is 14.5 Å². The first kappa shape index (κ1) is 19.6. The lowest BCUT2D eigenvalue weighted by Gasteiger charge is -2.27. The SMILES string of the molecule is COc1ccc(C(C)N2CC(C(C)Oc3cc(Cl)cn4nccc34)CC2=O)cc1. The Kier molecular flexibility index (Phi) is 5.37. The standard InChI is InChI=1S/C22H24ClN3O3/c1-14(16-4-6-19(28-3)7-5-16)25-12-17(10-22(25)27)15(2)29-21-11-18(23)13-26-20(21)8-9-24-26/h4-9,11,13-15,17H,10,12H2,1-3H3. The molecule has 1 fully saturated rings. The molecule has 0 saturated carbocycles. The number of fused-ring (bicyclic) bond motifs is 1. The maximum Gasteiger partial charge on any atom is 0.223 e. The number of nitrogens with zero attached hydrogens (tertiary/aromatic N) is 3. The third-order valence-electron chi connectivity index (χ3n) is 5.67. The van der Waals surface area contributed by atoms with Gasteiger partial charge in [0.1, 0.15) is 23.1 Å². The van der Waals surface area contributed by atoms with Crippen molar-refractivity contribution in [1.29, 1.82) is 0 Å². The Bertz CT molecular complexity index is 1020. The Balaban J connectivity index is 1.47. The van der Waals surface area contributed by atoms with Gasteiger partial charge in [-0.1, -0.05) is 23.7 Å². The molecule has 3 unspecified atom stereocenters. The summed E-state index contributed by atoms with van der Waals surface area (Å²) < 4.78 is 13.1. The highest BCUT2D eigenvalue weighted by Gasteiger charge is 2.37. The van der Waals surface area contributed by atoms with Crippen LogP contribution in [0.5, 0.6) is 11.5 Å². The first-order chi connectivity index (χ1) is 14.0. The Morgan fingerprint density at radius 3 is 2.69 bits per heavy atom. The van der Waals surface area contributed by atoms with Crippen LogP contribution in [0.3, 0.4) is 0 Å². The lowest BCUT2D eigenvalue weighted by atomic mass is 10.0. The van der Waals surface area contributed by atoms with E-state index in [1.807, 2.05) is 42.2 Å². The fourth-order valence-corrected chi connectivity index (χ4v) is 4.06. The number of amides is 1. The second kappa shape index (κ2) is 7.95. The number of methoxy groups -OCH3 is 1. The number of rotatable bonds is 6. The van der Waals surface area contributed by atoms with E-state index in [1.54, 1.807) is 30.1 Å². The summed E-state index contributed by atoms with van der Waals surface area (Å²) in [6.07, 6.45) is 3.79. The van der Waals surface area contributed by atoms with Crippen LogP contribution >= 0.6 is 11.6 Å². The molecule has 3 heterocycles. The molecule has 0 aliphatic carbocycles. The van der Waals surface area contributed by atoms with Crippen LogP contribution < -0.4 is 9.47 Å². The molecule has 4 rings (SSSR count). The van der Waals surface area contributed by atoms with E-state index in [4.69, 9.17) is 21.1 Å². The lowest BCUT2D eigenvalue weighted by molar-refractivity contribution is -0.129. The molecule has 1 aliphatic heterocycles. The van der Waals surface area contributed by atoms with Gasteiger partial charge in [0.25, 0.3) is 0 Å². The maximum atomic E-state index is 12.7. The summed E-state index contributed by atoms with van der Waals surface area (Å²) in [5.74, 6) is 1.73. The number of carbonyl (C=O) groups excluding carboxylic acids is 1. The normalized spacial score (nSPS) is 18.8. The van der Waals surface area contributed by atoms with Gasteiger partial charge in [-0.05, 0) is 37.6 Å². The highest BCUT2D eigenvalue weighted by molar-refractivity contribution is 6.30. The van der Waals surface area contributed by atoms with Crippen molar-refractivity contribution < 1.29 is 14.3 Å². The van der Waals surface area contributed by atoms with Gasteiger partial charge >= 0.3 is 0 Å². The van der Waals surface area contributed by atoms with E-state index in [2.05, 4.69) is 12.0 Å². The third kappa shape index (κ3) is 3.90. The fraction of sp³-hybridized carbons (Fsp3) is 0.364. The number of hydrogen-bond donors (Lipinski definition) is 0. The molecule has 0 radical (unpaired) electrons. The second-order valence-corrected chi connectivity index (χ2v) is 7.90. The van der Waals surface area contributed by atoms with Gasteiger partial charge in [0.2, 0.25) is 5.91 Å². The van der Waals surface area contributed by atoms with E-state index in [9.17, 15) is 4.79 Å². The van der Waals surface area contributed by atoms with Crippen molar-refractivity contribution in [2.45, 2.75) is 32.4 Å². The third-order valence-corrected chi connectivity index (χ3v) is 5.87. The van der Waals surface area contributed by atoms with Gasteiger partial charge in [0.15, 0.2) is 0 Å². The van der Waals surface area contributed by atoms with Crippen LogP contribution in [0.1, 0.15) is 31.9 Å². The average molecular weight is 414 g/mol. The molecule has 152 valence electrons. The number of halogens is 1. The minimum atomic E-state index is -0.135. The predicted octanol–water partition coefficient (Wildman–Crippen LogP) is 4.37. The summed E-state index contributed by atoms with van der Waals surface area (Å²) in [5, 5.41) is 4.78. The first-order valence-electron chi connectivity index (χ1n) is 9.69. The summed E-state index contributed by atoms with van der Waals surface area (Å²) in [7, 11) is 1.64. The van der Waals surface area contributed by atoms with Crippen LogP contribution in [0.25, 0.3) is 5.52 Å². The van der Waals surface area contributed by atoms with E-state index in [0.29, 0.717) is 23.7 Å². The summed E-state index contributed by atoms with van der Waals surface area (Å²) >= 11 is 6.19. The number of ether oxygens (including phenoxy) is 2. The van der Waals surface area contributed by atoms with E-state index < -0.39 is 0 Å². The zero-order valence-electron chi connectivity index (χ0n) is 16.7. The molecule has 0 spiro atoms. The van der Waals surface area contributed by atoms with Crippen molar-refractivity contribution >= 4 is 23.0 Å². The molecule has 6 nitrogen and oxygen atoms in total. The molecule has 3 atom stereocenters. The van der Waals surface area contributed by atoms with E-state index in [1.165, 1.54) is 0 Å². The van der Waals surface area contributed by atoms with Crippen LogP contribution in [0.15, 0.2) is 48.8 Å². The molecule has 1 aliphatic rings. The van der Waals surface area contributed by atoms with E-state index >= 15 is 0 Å².